The van der Waals surface area contributed by atoms with Crippen LogP contribution in [0.1, 0.15) is 26.7 Å². The number of nitrogens with two attached hydrogens (primary N) is 1. The summed E-state index contributed by atoms with van der Waals surface area (Å²) in [6, 6.07) is 6.30. The van der Waals surface area contributed by atoms with E-state index in [1.807, 2.05) is 18.2 Å². The highest BCUT2D eigenvalue weighted by atomic mass is 16.5. The van der Waals surface area contributed by atoms with Crippen molar-refractivity contribution in [2.24, 2.45) is 0 Å². The van der Waals surface area contributed by atoms with E-state index in [1.165, 1.54) is 0 Å². The Kier molecular flexibility index (Phi) is 4.47. The number of hydrogen-bond donors (Lipinski definition) is 1. The fourth-order valence-corrected chi connectivity index (χ4v) is 1.99. The van der Waals surface area contributed by atoms with E-state index in [0.717, 1.165) is 30.0 Å². The Morgan fingerprint density at radius 3 is 2.44 bits per heavy atom. The van der Waals surface area contributed by atoms with Crippen LogP contribution in [0.3, 0.4) is 0 Å². The maximum atomic E-state index is 6.00. The average Bonchev–Trinajstić information content (AvgIpc) is 2.31. The normalized spacial score (nSPS) is 10.6. The van der Waals surface area contributed by atoms with Crippen LogP contribution in [0.2, 0.25) is 0 Å². The third kappa shape index (κ3) is 2.60. The van der Waals surface area contributed by atoms with Gasteiger partial charge in [-0.15, -0.1) is 0 Å². The number of nitrogen functional groups attached to an aromatic ring is 1. The van der Waals surface area contributed by atoms with Crippen molar-refractivity contribution >= 4 is 11.4 Å². The maximum absolute atomic E-state index is 6.00. The highest BCUT2D eigenvalue weighted by Crippen LogP contribution is 2.29. The number of rotatable bonds is 5. The number of nitrogens with zero attached hydrogens (tertiary/aromatic N) is 1. The van der Waals surface area contributed by atoms with Gasteiger partial charge in [0.2, 0.25) is 0 Å². The molecule has 0 aliphatic carbocycles. The Morgan fingerprint density at radius 2 is 1.94 bits per heavy atom. The number of benzene rings is 1. The van der Waals surface area contributed by atoms with E-state index in [1.54, 1.807) is 7.11 Å². The first-order chi connectivity index (χ1) is 7.63. The third-order valence-electron chi connectivity index (χ3n) is 3.11. The summed E-state index contributed by atoms with van der Waals surface area (Å²) in [6.45, 7) is 4.39. The molecule has 1 aromatic carbocycles. The van der Waals surface area contributed by atoms with Crippen molar-refractivity contribution < 1.29 is 4.74 Å². The summed E-state index contributed by atoms with van der Waals surface area (Å²) in [7, 11) is 3.76. The van der Waals surface area contributed by atoms with Crippen LogP contribution in [0.25, 0.3) is 0 Å². The smallest absolute Gasteiger partial charge is 0.121 e. The van der Waals surface area contributed by atoms with Crippen LogP contribution in [0, 0.1) is 0 Å². The first-order valence-electron chi connectivity index (χ1n) is 5.80. The first-order valence-corrected chi connectivity index (χ1v) is 5.80. The molecular formula is C13H22N2O. The van der Waals surface area contributed by atoms with Gasteiger partial charge in [0.25, 0.3) is 0 Å². The van der Waals surface area contributed by atoms with Crippen molar-refractivity contribution in [3.05, 3.63) is 18.2 Å². The molecule has 2 N–H and O–H groups in total. The van der Waals surface area contributed by atoms with Gasteiger partial charge in [0.1, 0.15) is 5.75 Å². The molecule has 16 heavy (non-hydrogen) atoms. The zero-order chi connectivity index (χ0) is 12.1. The molecule has 0 fully saturated rings. The van der Waals surface area contributed by atoms with Gasteiger partial charge in [-0.2, -0.15) is 0 Å². The molecule has 0 spiro atoms. The van der Waals surface area contributed by atoms with Crippen LogP contribution in [0.5, 0.6) is 5.75 Å². The van der Waals surface area contributed by atoms with E-state index in [2.05, 4.69) is 25.8 Å². The lowest BCUT2D eigenvalue weighted by Crippen LogP contribution is -2.30. The van der Waals surface area contributed by atoms with Gasteiger partial charge in [0.15, 0.2) is 0 Å². The Morgan fingerprint density at radius 1 is 1.31 bits per heavy atom. The molecule has 3 heteroatoms. The summed E-state index contributed by atoms with van der Waals surface area (Å²) in [4.78, 5) is 2.23. The van der Waals surface area contributed by atoms with E-state index in [4.69, 9.17) is 10.5 Å². The largest absolute Gasteiger partial charge is 0.497 e. The fourth-order valence-electron chi connectivity index (χ4n) is 1.99. The standard InChI is InChI=1S/C13H22N2O/c1-5-10(6-2)15(3)13-9-11(16-4)7-8-12(13)14/h7-10H,5-6,14H2,1-4H3. The quantitative estimate of drug-likeness (QED) is 0.778. The molecular weight excluding hydrogens is 200 g/mol. The predicted molar refractivity (Wildman–Crippen MR) is 70.2 cm³/mol. The van der Waals surface area contributed by atoms with Crippen molar-refractivity contribution in [2.45, 2.75) is 32.7 Å². The van der Waals surface area contributed by atoms with Gasteiger partial charge in [0, 0.05) is 19.2 Å². The minimum Gasteiger partial charge on any atom is -0.497 e. The average molecular weight is 222 g/mol. The number of ether oxygens (including phenoxy) is 1. The monoisotopic (exact) mass is 222 g/mol. The zero-order valence-electron chi connectivity index (χ0n) is 10.7. The minimum atomic E-state index is 0.523. The van der Waals surface area contributed by atoms with Crippen molar-refractivity contribution in [3.63, 3.8) is 0 Å². The van der Waals surface area contributed by atoms with Crippen molar-refractivity contribution in [2.75, 3.05) is 24.8 Å². The predicted octanol–water partition coefficient (Wildman–Crippen LogP) is 2.90. The van der Waals surface area contributed by atoms with Crippen molar-refractivity contribution in [1.82, 2.24) is 0 Å². The number of anilines is 2. The third-order valence-corrected chi connectivity index (χ3v) is 3.11. The second-order valence-corrected chi connectivity index (χ2v) is 4.01. The summed E-state index contributed by atoms with van der Waals surface area (Å²) >= 11 is 0. The van der Waals surface area contributed by atoms with Gasteiger partial charge >= 0.3 is 0 Å². The van der Waals surface area contributed by atoms with E-state index < -0.39 is 0 Å². The molecule has 90 valence electrons. The maximum Gasteiger partial charge on any atom is 0.121 e. The van der Waals surface area contributed by atoms with E-state index >= 15 is 0 Å². The Hall–Kier alpha value is -1.38. The van der Waals surface area contributed by atoms with Crippen LogP contribution in [0.4, 0.5) is 11.4 Å². The van der Waals surface area contributed by atoms with Gasteiger partial charge < -0.3 is 15.4 Å². The first kappa shape index (κ1) is 12.7. The Bertz CT molecular complexity index is 335. The van der Waals surface area contributed by atoms with Gasteiger partial charge in [0.05, 0.1) is 18.5 Å². The molecule has 0 aliphatic rings. The van der Waals surface area contributed by atoms with E-state index in [-0.39, 0.29) is 0 Å². The summed E-state index contributed by atoms with van der Waals surface area (Å²) < 4.78 is 5.22. The second-order valence-electron chi connectivity index (χ2n) is 4.01. The molecule has 0 radical (unpaired) electrons. The number of hydrogen-bond acceptors (Lipinski definition) is 3. The summed E-state index contributed by atoms with van der Waals surface area (Å²) in [5, 5.41) is 0. The fraction of sp³-hybridized carbons (Fsp3) is 0.538. The molecule has 1 rings (SSSR count). The van der Waals surface area contributed by atoms with Crippen LogP contribution in [0.15, 0.2) is 18.2 Å². The van der Waals surface area contributed by atoms with Crippen LogP contribution >= 0.6 is 0 Å². The SMILES string of the molecule is CCC(CC)N(C)c1cc(OC)ccc1N. The number of methoxy groups -OCH3 is 1. The molecule has 0 bridgehead atoms. The molecule has 0 aliphatic heterocycles. The zero-order valence-corrected chi connectivity index (χ0v) is 10.7. The van der Waals surface area contributed by atoms with Crippen LogP contribution < -0.4 is 15.4 Å². The van der Waals surface area contributed by atoms with Crippen molar-refractivity contribution in [3.8, 4) is 5.75 Å². The summed E-state index contributed by atoms with van der Waals surface area (Å²) in [6.07, 6.45) is 2.23. The molecule has 0 atom stereocenters. The molecule has 0 saturated carbocycles. The molecule has 1 aromatic rings. The van der Waals surface area contributed by atoms with Crippen molar-refractivity contribution in [1.29, 1.82) is 0 Å². The van der Waals surface area contributed by atoms with E-state index in [9.17, 15) is 0 Å². The topological polar surface area (TPSA) is 38.5 Å². The van der Waals surface area contributed by atoms with Gasteiger partial charge in [-0.1, -0.05) is 13.8 Å². The molecule has 0 saturated heterocycles. The molecule has 0 aromatic heterocycles. The lowest BCUT2D eigenvalue weighted by Gasteiger charge is -2.29. The molecule has 0 unspecified atom stereocenters. The second kappa shape index (κ2) is 5.64. The lowest BCUT2D eigenvalue weighted by molar-refractivity contribution is 0.414. The Balaban J connectivity index is 3.01. The van der Waals surface area contributed by atoms with Crippen LogP contribution in [-0.4, -0.2) is 20.2 Å². The molecule has 0 heterocycles. The Labute approximate surface area is 98.2 Å². The lowest BCUT2D eigenvalue weighted by atomic mass is 10.1. The minimum absolute atomic E-state index is 0.523. The van der Waals surface area contributed by atoms with E-state index in [0.29, 0.717) is 6.04 Å². The molecule has 3 nitrogen and oxygen atoms in total. The summed E-state index contributed by atoms with van der Waals surface area (Å²) in [5.41, 5.74) is 7.85. The van der Waals surface area contributed by atoms with Gasteiger partial charge in [-0.05, 0) is 25.0 Å². The molecule has 0 amide bonds. The highest BCUT2D eigenvalue weighted by molar-refractivity contribution is 5.69. The van der Waals surface area contributed by atoms with Gasteiger partial charge in [-0.25, -0.2) is 0 Å². The summed E-state index contributed by atoms with van der Waals surface area (Å²) in [5.74, 6) is 0.849. The van der Waals surface area contributed by atoms with Gasteiger partial charge in [-0.3, -0.25) is 0 Å². The van der Waals surface area contributed by atoms with Crippen LogP contribution in [-0.2, 0) is 0 Å². The highest BCUT2D eigenvalue weighted by Gasteiger charge is 2.14.